The second-order valence-corrected chi connectivity index (χ2v) is 13.0. The molecule has 2 N–H and O–H groups in total. The maximum atomic E-state index is 13.4. The second kappa shape index (κ2) is 21.1. The summed E-state index contributed by atoms with van der Waals surface area (Å²) in [5.41, 5.74) is 1.28. The number of benzene rings is 4. The van der Waals surface area contributed by atoms with Gasteiger partial charge < -0.3 is 19.7 Å². The number of para-hydroxylation sites is 3. The number of phenols is 1. The average Bonchev–Trinajstić information content (AvgIpc) is 3.13. The highest BCUT2D eigenvalue weighted by Crippen LogP contribution is 2.44. The normalized spacial score (nSPS) is 12.3. The third-order valence-corrected chi connectivity index (χ3v) is 9.19. The van der Waals surface area contributed by atoms with Crippen LogP contribution < -0.4 is 9.47 Å². The molecule has 4 aromatic carbocycles. The molecular formula is C44H57NO4. The van der Waals surface area contributed by atoms with Crippen molar-refractivity contribution in [3.8, 4) is 17.2 Å². The molecule has 1 atom stereocenters. The van der Waals surface area contributed by atoms with E-state index < -0.39 is 11.6 Å². The molecule has 0 radical (unpaired) electrons. The Kier molecular flexibility index (Phi) is 16.2. The summed E-state index contributed by atoms with van der Waals surface area (Å²) < 4.78 is 13.0. The van der Waals surface area contributed by atoms with Gasteiger partial charge in [-0.05, 0) is 49.1 Å². The number of aliphatic hydroxyl groups is 1. The van der Waals surface area contributed by atoms with Crippen molar-refractivity contribution >= 4 is 6.21 Å². The van der Waals surface area contributed by atoms with Crippen molar-refractivity contribution in [1.29, 1.82) is 0 Å². The number of aromatic hydroxyl groups is 1. The minimum absolute atomic E-state index is 0.138. The molecule has 4 rings (SSSR count). The summed E-state index contributed by atoms with van der Waals surface area (Å²) in [6.45, 7) is 5.60. The first kappa shape index (κ1) is 37.7. The van der Waals surface area contributed by atoms with Gasteiger partial charge in [0.25, 0.3) is 0 Å². The molecule has 0 heterocycles. The zero-order chi connectivity index (χ0) is 34.6. The molecule has 0 fully saturated rings. The lowest BCUT2D eigenvalue weighted by atomic mass is 9.77. The lowest BCUT2D eigenvalue weighted by molar-refractivity contribution is 0.0463. The Morgan fingerprint density at radius 1 is 0.592 bits per heavy atom. The Morgan fingerprint density at radius 2 is 1.06 bits per heavy atom. The van der Waals surface area contributed by atoms with E-state index in [1.165, 1.54) is 51.4 Å². The first-order chi connectivity index (χ1) is 24.1. The quantitative estimate of drug-likeness (QED) is 0.0612. The largest absolute Gasteiger partial charge is 0.507 e. The molecule has 0 aliphatic heterocycles. The van der Waals surface area contributed by atoms with Crippen molar-refractivity contribution in [2.45, 2.75) is 109 Å². The summed E-state index contributed by atoms with van der Waals surface area (Å²) >= 11 is 0. The summed E-state index contributed by atoms with van der Waals surface area (Å²) in [7, 11) is 0. The van der Waals surface area contributed by atoms with Gasteiger partial charge in [0.2, 0.25) is 0 Å². The summed E-state index contributed by atoms with van der Waals surface area (Å²) in [6, 6.07) is 32.2. The number of aliphatic imine (C=N–C) groups is 1. The van der Waals surface area contributed by atoms with Gasteiger partial charge >= 0.3 is 0 Å². The first-order valence-electron chi connectivity index (χ1n) is 18.6. The molecule has 262 valence electrons. The molecular weight excluding hydrogens is 606 g/mol. The Bertz CT molecular complexity index is 1460. The number of phenolic OH excluding ortho intramolecular Hbond substituents is 1. The molecule has 0 aromatic heterocycles. The van der Waals surface area contributed by atoms with Crippen LogP contribution >= 0.6 is 0 Å². The van der Waals surface area contributed by atoms with E-state index in [1.807, 2.05) is 78.9 Å². The fourth-order valence-corrected chi connectivity index (χ4v) is 6.36. The molecule has 0 bridgehead atoms. The van der Waals surface area contributed by atoms with Crippen molar-refractivity contribution in [1.82, 2.24) is 0 Å². The fraction of sp³-hybridized carbons (Fsp3) is 0.432. The second-order valence-electron chi connectivity index (χ2n) is 13.0. The highest BCUT2D eigenvalue weighted by atomic mass is 16.5. The Balaban J connectivity index is 1.75. The van der Waals surface area contributed by atoms with Crippen LogP contribution in [0.3, 0.4) is 0 Å². The van der Waals surface area contributed by atoms with E-state index in [4.69, 9.17) is 14.5 Å². The van der Waals surface area contributed by atoms with Crippen LogP contribution in [0.4, 0.5) is 0 Å². The van der Waals surface area contributed by atoms with Crippen LogP contribution in [0, 0.1) is 0 Å². The SMILES string of the molecule is CCCCCCCCOc1ccccc1C(O)(c1ccccc1OCCCCCCCC)C(Cc1ccccc1)N=Cc1ccccc1O. The van der Waals surface area contributed by atoms with Crippen molar-refractivity contribution in [3.05, 3.63) is 125 Å². The number of nitrogens with zero attached hydrogens (tertiary/aromatic N) is 1. The third kappa shape index (κ3) is 11.5. The molecule has 49 heavy (non-hydrogen) atoms. The van der Waals surface area contributed by atoms with Gasteiger partial charge in [-0.25, -0.2) is 0 Å². The zero-order valence-electron chi connectivity index (χ0n) is 29.7. The van der Waals surface area contributed by atoms with Crippen molar-refractivity contribution < 1.29 is 19.7 Å². The van der Waals surface area contributed by atoms with Crippen LogP contribution in [0.1, 0.15) is 113 Å². The molecule has 5 nitrogen and oxygen atoms in total. The van der Waals surface area contributed by atoms with Crippen LogP contribution in [0.25, 0.3) is 0 Å². The molecule has 4 aromatic rings. The highest BCUT2D eigenvalue weighted by molar-refractivity contribution is 5.83. The maximum Gasteiger partial charge on any atom is 0.144 e. The van der Waals surface area contributed by atoms with Crippen LogP contribution in [0.5, 0.6) is 17.2 Å². The van der Waals surface area contributed by atoms with E-state index >= 15 is 0 Å². The van der Waals surface area contributed by atoms with E-state index in [-0.39, 0.29) is 5.75 Å². The van der Waals surface area contributed by atoms with Crippen LogP contribution in [-0.4, -0.2) is 35.7 Å². The Labute approximate surface area is 295 Å². The number of unbranched alkanes of at least 4 members (excludes halogenated alkanes) is 10. The van der Waals surface area contributed by atoms with Crippen LogP contribution in [-0.2, 0) is 12.0 Å². The number of rotatable bonds is 23. The van der Waals surface area contributed by atoms with Crippen molar-refractivity contribution in [3.63, 3.8) is 0 Å². The lowest BCUT2D eigenvalue weighted by Crippen LogP contribution is -2.42. The van der Waals surface area contributed by atoms with E-state index in [0.29, 0.717) is 47.8 Å². The standard InChI is InChI=1S/C44H57NO4/c1-3-5-7-9-11-22-32-48-41-30-20-17-27-38(41)44(47,39-28-18-21-31-42(39)49-33-23-12-10-8-6-4-2)43(34-36-24-14-13-15-25-36)45-35-37-26-16-19-29-40(37)46/h13-21,24-31,35,43,46-47H,3-12,22-23,32-34H2,1-2H3. The van der Waals surface area contributed by atoms with Crippen LogP contribution in [0.15, 0.2) is 108 Å². The minimum atomic E-state index is -1.63. The lowest BCUT2D eigenvalue weighted by Gasteiger charge is -2.37. The first-order valence-corrected chi connectivity index (χ1v) is 18.6. The van der Waals surface area contributed by atoms with Gasteiger partial charge in [-0.15, -0.1) is 0 Å². The topological polar surface area (TPSA) is 71.3 Å². The van der Waals surface area contributed by atoms with E-state index in [0.717, 1.165) is 31.2 Å². The van der Waals surface area contributed by atoms with Crippen molar-refractivity contribution in [2.24, 2.45) is 4.99 Å². The van der Waals surface area contributed by atoms with E-state index in [2.05, 4.69) is 26.0 Å². The van der Waals surface area contributed by atoms with Gasteiger partial charge in [0.15, 0.2) is 0 Å². The molecule has 0 spiro atoms. The van der Waals surface area contributed by atoms with Gasteiger partial charge in [0.05, 0.1) is 19.3 Å². The summed E-state index contributed by atoms with van der Waals surface area (Å²) in [5.74, 6) is 1.42. The van der Waals surface area contributed by atoms with Gasteiger partial charge in [0.1, 0.15) is 22.8 Å². The Hall–Kier alpha value is -4.09. The number of ether oxygens (including phenoxy) is 2. The predicted molar refractivity (Wildman–Crippen MR) is 203 cm³/mol. The molecule has 0 aliphatic rings. The maximum absolute atomic E-state index is 13.4. The monoisotopic (exact) mass is 663 g/mol. The Morgan fingerprint density at radius 3 is 1.61 bits per heavy atom. The summed E-state index contributed by atoms with van der Waals surface area (Å²) in [6.07, 6.45) is 16.1. The average molecular weight is 664 g/mol. The molecule has 0 aliphatic carbocycles. The van der Waals surface area contributed by atoms with Gasteiger partial charge in [-0.2, -0.15) is 0 Å². The fourth-order valence-electron chi connectivity index (χ4n) is 6.36. The van der Waals surface area contributed by atoms with E-state index in [9.17, 15) is 10.2 Å². The molecule has 5 heteroatoms. The summed E-state index contributed by atoms with van der Waals surface area (Å²) in [5, 5.41) is 24.1. The zero-order valence-corrected chi connectivity index (χ0v) is 29.7. The van der Waals surface area contributed by atoms with Gasteiger partial charge in [0, 0.05) is 22.9 Å². The van der Waals surface area contributed by atoms with Crippen LogP contribution in [0.2, 0.25) is 0 Å². The van der Waals surface area contributed by atoms with E-state index in [1.54, 1.807) is 18.3 Å². The molecule has 0 amide bonds. The molecule has 0 saturated heterocycles. The van der Waals surface area contributed by atoms with Gasteiger partial charge in [-0.3, -0.25) is 4.99 Å². The van der Waals surface area contributed by atoms with Crippen molar-refractivity contribution in [2.75, 3.05) is 13.2 Å². The smallest absolute Gasteiger partial charge is 0.144 e. The highest BCUT2D eigenvalue weighted by Gasteiger charge is 2.44. The van der Waals surface area contributed by atoms with Gasteiger partial charge in [-0.1, -0.05) is 157 Å². The summed E-state index contributed by atoms with van der Waals surface area (Å²) in [4.78, 5) is 5.09. The molecule has 0 saturated carbocycles. The minimum Gasteiger partial charge on any atom is -0.507 e. The number of hydrogen-bond donors (Lipinski definition) is 2. The predicted octanol–water partition coefficient (Wildman–Crippen LogP) is 10.8. The third-order valence-electron chi connectivity index (χ3n) is 9.19. The number of hydrogen-bond acceptors (Lipinski definition) is 5. The molecule has 1 unspecified atom stereocenters.